The van der Waals surface area contributed by atoms with Crippen molar-refractivity contribution in [3.8, 4) is 0 Å². The number of nitrogens with one attached hydrogen (secondary N) is 2. The summed E-state index contributed by atoms with van der Waals surface area (Å²) in [4.78, 5) is -0.798. The molecule has 2 N–H and O–H groups in total. The molecular weight excluding hydrogens is 331 g/mol. The van der Waals surface area contributed by atoms with Crippen LogP contribution in [0.4, 0.5) is 4.39 Å². The highest BCUT2D eigenvalue weighted by Crippen LogP contribution is 2.19. The van der Waals surface area contributed by atoms with Crippen LogP contribution in [0, 0.1) is 5.82 Å². The first-order chi connectivity index (χ1) is 10.2. The van der Waals surface area contributed by atoms with E-state index in [1.54, 1.807) is 0 Å². The first-order valence-corrected chi connectivity index (χ1v) is 10.3. The number of halogens is 1. The molecule has 1 fully saturated rings. The highest BCUT2D eigenvalue weighted by atomic mass is 32.2. The van der Waals surface area contributed by atoms with Crippen molar-refractivity contribution < 1.29 is 21.2 Å². The summed E-state index contributed by atoms with van der Waals surface area (Å²) in [5.41, 5.74) is 0. The number of hydrogen-bond acceptors (Lipinski definition) is 5. The summed E-state index contributed by atoms with van der Waals surface area (Å²) in [6, 6.07) is 2.85. The Hall–Kier alpha value is -1.03. The Morgan fingerprint density at radius 1 is 1.27 bits per heavy atom. The van der Waals surface area contributed by atoms with Crippen LogP contribution in [-0.2, 0) is 19.9 Å². The topological polar surface area (TPSA) is 92.3 Å². The van der Waals surface area contributed by atoms with E-state index in [-0.39, 0.29) is 17.5 Å². The monoisotopic (exact) mass is 350 g/mol. The van der Waals surface area contributed by atoms with Crippen LogP contribution in [0.2, 0.25) is 0 Å². The molecule has 6 nitrogen and oxygen atoms in total. The van der Waals surface area contributed by atoms with E-state index in [0.29, 0.717) is 0 Å². The van der Waals surface area contributed by atoms with E-state index in [1.165, 1.54) is 0 Å². The number of hydrogen-bond donors (Lipinski definition) is 2. The smallest absolute Gasteiger partial charge is 0.240 e. The van der Waals surface area contributed by atoms with Gasteiger partial charge in [-0.05, 0) is 37.6 Å². The summed E-state index contributed by atoms with van der Waals surface area (Å²) in [7, 11) is -7.59. The van der Waals surface area contributed by atoms with E-state index in [9.17, 15) is 21.2 Å². The van der Waals surface area contributed by atoms with Crippen molar-refractivity contribution in [2.24, 2.45) is 0 Å². The third-order valence-corrected chi connectivity index (χ3v) is 6.10. The zero-order valence-electron chi connectivity index (χ0n) is 12.2. The Morgan fingerprint density at radius 3 is 2.55 bits per heavy atom. The lowest BCUT2D eigenvalue weighted by molar-refractivity contribution is 0.398. The molecule has 0 unspecified atom stereocenters. The van der Waals surface area contributed by atoms with Gasteiger partial charge in [0.2, 0.25) is 10.0 Å². The molecule has 0 spiro atoms. The molecule has 2 rings (SSSR count). The van der Waals surface area contributed by atoms with Gasteiger partial charge in [0.05, 0.1) is 4.90 Å². The molecule has 1 saturated heterocycles. The Bertz CT molecular complexity index is 741. The second-order valence-electron chi connectivity index (χ2n) is 5.36. The first kappa shape index (κ1) is 17.3. The minimum absolute atomic E-state index is 0.0589. The zero-order valence-corrected chi connectivity index (χ0v) is 13.8. The molecule has 1 aromatic rings. The van der Waals surface area contributed by atoms with Gasteiger partial charge in [-0.15, -0.1) is 0 Å². The predicted octanol–water partition coefficient (Wildman–Crippen LogP) is 0.650. The van der Waals surface area contributed by atoms with Gasteiger partial charge in [-0.2, -0.15) is 0 Å². The molecule has 0 radical (unpaired) electrons. The fourth-order valence-corrected chi connectivity index (χ4v) is 4.16. The summed E-state index contributed by atoms with van der Waals surface area (Å²) in [5.74, 6) is -1.07. The Morgan fingerprint density at radius 2 is 2.00 bits per heavy atom. The maximum Gasteiger partial charge on any atom is 0.240 e. The van der Waals surface area contributed by atoms with Crippen LogP contribution in [0.25, 0.3) is 0 Å². The van der Waals surface area contributed by atoms with Crippen LogP contribution >= 0.6 is 0 Å². The average molecular weight is 350 g/mol. The Kier molecular flexibility index (Phi) is 5.21. The van der Waals surface area contributed by atoms with Crippen LogP contribution in [-0.4, -0.2) is 42.2 Å². The number of piperidine rings is 1. The largest absolute Gasteiger partial charge is 0.313 e. The molecule has 1 heterocycles. The van der Waals surface area contributed by atoms with Gasteiger partial charge >= 0.3 is 0 Å². The van der Waals surface area contributed by atoms with Crippen LogP contribution in [0.3, 0.4) is 0 Å². The maximum atomic E-state index is 13.8. The minimum atomic E-state index is -3.87. The first-order valence-electron chi connectivity index (χ1n) is 6.93. The molecule has 1 atom stereocenters. The third kappa shape index (κ3) is 4.25. The van der Waals surface area contributed by atoms with E-state index in [1.807, 2.05) is 0 Å². The van der Waals surface area contributed by atoms with Crippen molar-refractivity contribution in [3.05, 3.63) is 24.0 Å². The molecular formula is C13H19FN2O4S2. The van der Waals surface area contributed by atoms with E-state index in [4.69, 9.17) is 0 Å². The molecule has 0 aromatic heterocycles. The van der Waals surface area contributed by atoms with Gasteiger partial charge in [0.1, 0.15) is 10.7 Å². The lowest BCUT2D eigenvalue weighted by Gasteiger charge is -2.23. The van der Waals surface area contributed by atoms with Crippen molar-refractivity contribution in [3.63, 3.8) is 0 Å². The SMILES string of the molecule is CS(=O)(=O)c1ccc(S(=O)(=O)NC[C@H]2CCCCN2)cc1F. The van der Waals surface area contributed by atoms with Gasteiger partial charge in [-0.1, -0.05) is 6.42 Å². The van der Waals surface area contributed by atoms with Gasteiger partial charge in [-0.25, -0.2) is 25.9 Å². The number of rotatable bonds is 5. The van der Waals surface area contributed by atoms with Crippen LogP contribution in [0.15, 0.2) is 28.0 Å². The molecule has 1 aliphatic heterocycles. The van der Waals surface area contributed by atoms with E-state index in [2.05, 4.69) is 10.0 Å². The summed E-state index contributed by atoms with van der Waals surface area (Å²) in [6.07, 6.45) is 3.86. The fraction of sp³-hybridized carbons (Fsp3) is 0.538. The van der Waals surface area contributed by atoms with Crippen molar-refractivity contribution in [2.45, 2.75) is 35.1 Å². The normalized spacial score (nSPS) is 20.0. The molecule has 0 amide bonds. The molecule has 0 aliphatic carbocycles. The number of sulfonamides is 1. The summed E-state index contributed by atoms with van der Waals surface area (Å²) in [5, 5.41) is 3.20. The Labute approximate surface area is 130 Å². The standard InChI is InChI=1S/C13H19FN2O4S2/c1-21(17,18)13-6-5-11(8-12(13)14)22(19,20)16-9-10-4-2-3-7-15-10/h5-6,8,10,15-16H,2-4,7,9H2,1H3/t10-/m1/s1. The maximum absolute atomic E-state index is 13.8. The van der Waals surface area contributed by atoms with Crippen molar-refractivity contribution in [2.75, 3.05) is 19.3 Å². The molecule has 1 aromatic carbocycles. The molecule has 1 aliphatic rings. The minimum Gasteiger partial charge on any atom is -0.313 e. The van der Waals surface area contributed by atoms with Crippen molar-refractivity contribution in [1.82, 2.24) is 10.0 Å². The van der Waals surface area contributed by atoms with Gasteiger partial charge in [-0.3, -0.25) is 0 Å². The van der Waals surface area contributed by atoms with Crippen LogP contribution in [0.5, 0.6) is 0 Å². The molecule has 124 valence electrons. The third-order valence-electron chi connectivity index (χ3n) is 3.55. The average Bonchev–Trinajstić information content (AvgIpc) is 2.45. The summed E-state index contributed by atoms with van der Waals surface area (Å²) < 4.78 is 63.1. The molecule has 22 heavy (non-hydrogen) atoms. The number of benzene rings is 1. The zero-order chi connectivity index (χ0) is 16.4. The lowest BCUT2D eigenvalue weighted by Crippen LogP contribution is -2.43. The highest BCUT2D eigenvalue weighted by Gasteiger charge is 2.21. The molecule has 0 bridgehead atoms. The van der Waals surface area contributed by atoms with Gasteiger partial charge in [0.25, 0.3) is 0 Å². The van der Waals surface area contributed by atoms with E-state index >= 15 is 0 Å². The summed E-state index contributed by atoms with van der Waals surface area (Å²) in [6.45, 7) is 1.07. The van der Waals surface area contributed by atoms with Gasteiger partial charge < -0.3 is 5.32 Å². The second-order valence-corrected chi connectivity index (χ2v) is 9.11. The van der Waals surface area contributed by atoms with Crippen molar-refractivity contribution in [1.29, 1.82) is 0 Å². The van der Waals surface area contributed by atoms with E-state index < -0.39 is 30.6 Å². The summed E-state index contributed by atoms with van der Waals surface area (Å²) >= 11 is 0. The highest BCUT2D eigenvalue weighted by molar-refractivity contribution is 7.90. The van der Waals surface area contributed by atoms with Crippen LogP contribution < -0.4 is 10.0 Å². The molecule has 0 saturated carbocycles. The lowest BCUT2D eigenvalue weighted by atomic mass is 10.1. The second kappa shape index (κ2) is 6.61. The van der Waals surface area contributed by atoms with Gasteiger partial charge in [0, 0.05) is 18.8 Å². The fourth-order valence-electron chi connectivity index (χ4n) is 2.34. The predicted molar refractivity (Wildman–Crippen MR) is 80.3 cm³/mol. The molecule has 9 heteroatoms. The van der Waals surface area contributed by atoms with E-state index in [0.717, 1.165) is 50.3 Å². The van der Waals surface area contributed by atoms with Crippen LogP contribution in [0.1, 0.15) is 19.3 Å². The van der Waals surface area contributed by atoms with Crippen molar-refractivity contribution >= 4 is 19.9 Å². The Balaban J connectivity index is 2.14. The quantitative estimate of drug-likeness (QED) is 0.813. The number of sulfone groups is 1. The van der Waals surface area contributed by atoms with Gasteiger partial charge in [0.15, 0.2) is 9.84 Å².